The molecule has 0 aliphatic rings. The summed E-state index contributed by atoms with van der Waals surface area (Å²) < 4.78 is 5.42. The normalized spacial score (nSPS) is 13.1. The predicted molar refractivity (Wildman–Crippen MR) is 64.8 cm³/mol. The fourth-order valence-corrected chi connectivity index (χ4v) is 1.77. The molecule has 1 heterocycles. The highest BCUT2D eigenvalue weighted by atomic mass is 16.4. The number of fused-ring (bicyclic) bond motifs is 1. The van der Waals surface area contributed by atoms with Gasteiger partial charge in [-0.25, -0.2) is 0 Å². The van der Waals surface area contributed by atoms with Gasteiger partial charge in [-0.3, -0.25) is 9.69 Å². The van der Waals surface area contributed by atoms with Crippen LogP contribution in [0, 0.1) is 0 Å². The average molecular weight is 233 g/mol. The number of carbonyl (C=O) groups is 1. The lowest BCUT2D eigenvalue weighted by Crippen LogP contribution is -2.35. The zero-order valence-corrected chi connectivity index (χ0v) is 9.88. The van der Waals surface area contributed by atoms with Crippen LogP contribution in [0.5, 0.6) is 0 Å². The van der Waals surface area contributed by atoms with Gasteiger partial charge < -0.3 is 9.52 Å². The van der Waals surface area contributed by atoms with Gasteiger partial charge in [0.25, 0.3) is 0 Å². The molecule has 0 spiro atoms. The molecule has 0 amide bonds. The third-order valence-electron chi connectivity index (χ3n) is 3.00. The third-order valence-corrected chi connectivity index (χ3v) is 3.00. The van der Waals surface area contributed by atoms with Crippen molar-refractivity contribution in [3.05, 3.63) is 36.1 Å². The monoisotopic (exact) mass is 233 g/mol. The van der Waals surface area contributed by atoms with Gasteiger partial charge in [0.2, 0.25) is 0 Å². The SMILES string of the molecule is CC(C(=O)O)N(C)Cc1cccc2ccoc12. The van der Waals surface area contributed by atoms with Crippen LogP contribution < -0.4 is 0 Å². The van der Waals surface area contributed by atoms with E-state index in [1.807, 2.05) is 24.3 Å². The quantitative estimate of drug-likeness (QED) is 0.880. The topological polar surface area (TPSA) is 53.7 Å². The van der Waals surface area contributed by atoms with Crippen molar-refractivity contribution in [1.82, 2.24) is 4.90 Å². The highest BCUT2D eigenvalue weighted by Gasteiger charge is 2.17. The molecule has 90 valence electrons. The molecular formula is C13H15NO3. The number of furan rings is 1. The number of aliphatic carboxylic acids is 1. The molecule has 0 aliphatic heterocycles. The van der Waals surface area contributed by atoms with Crippen molar-refractivity contribution in [2.45, 2.75) is 19.5 Å². The Hall–Kier alpha value is -1.81. The first-order chi connectivity index (χ1) is 8.09. The van der Waals surface area contributed by atoms with Crippen LogP contribution in [0.1, 0.15) is 12.5 Å². The van der Waals surface area contributed by atoms with Crippen LogP contribution >= 0.6 is 0 Å². The summed E-state index contributed by atoms with van der Waals surface area (Å²) in [6.45, 7) is 2.23. The minimum absolute atomic E-state index is 0.514. The molecule has 0 saturated carbocycles. The fraction of sp³-hybridized carbons (Fsp3) is 0.308. The number of carboxylic acid groups (broad SMARTS) is 1. The smallest absolute Gasteiger partial charge is 0.320 e. The van der Waals surface area contributed by atoms with Gasteiger partial charge >= 0.3 is 5.97 Å². The zero-order valence-electron chi connectivity index (χ0n) is 9.88. The van der Waals surface area contributed by atoms with E-state index in [0.717, 1.165) is 16.5 Å². The Kier molecular flexibility index (Phi) is 3.15. The highest BCUT2D eigenvalue weighted by Crippen LogP contribution is 2.21. The third kappa shape index (κ3) is 2.31. The first-order valence-corrected chi connectivity index (χ1v) is 5.47. The van der Waals surface area contributed by atoms with Gasteiger partial charge in [0.15, 0.2) is 0 Å². The van der Waals surface area contributed by atoms with E-state index in [0.29, 0.717) is 6.54 Å². The minimum Gasteiger partial charge on any atom is -0.480 e. The molecule has 2 aromatic rings. The first kappa shape index (κ1) is 11.7. The number of rotatable bonds is 4. The maximum atomic E-state index is 10.9. The molecule has 4 heteroatoms. The van der Waals surface area contributed by atoms with E-state index in [1.165, 1.54) is 0 Å². The molecule has 1 aromatic heterocycles. The van der Waals surface area contributed by atoms with Gasteiger partial charge in [-0.05, 0) is 20.0 Å². The van der Waals surface area contributed by atoms with Crippen molar-refractivity contribution in [1.29, 1.82) is 0 Å². The van der Waals surface area contributed by atoms with Crippen LogP contribution in [0.15, 0.2) is 34.9 Å². The highest BCUT2D eigenvalue weighted by molar-refractivity contribution is 5.80. The number of hydrogen-bond acceptors (Lipinski definition) is 3. The van der Waals surface area contributed by atoms with Crippen LogP contribution in [0.4, 0.5) is 0 Å². The number of likely N-dealkylation sites (N-methyl/N-ethyl adjacent to an activating group) is 1. The van der Waals surface area contributed by atoms with Gasteiger partial charge in [-0.1, -0.05) is 18.2 Å². The first-order valence-electron chi connectivity index (χ1n) is 5.47. The van der Waals surface area contributed by atoms with E-state index in [1.54, 1.807) is 25.1 Å². The van der Waals surface area contributed by atoms with Crippen molar-refractivity contribution in [2.24, 2.45) is 0 Å². The largest absolute Gasteiger partial charge is 0.480 e. The molecule has 1 unspecified atom stereocenters. The molecule has 0 aliphatic carbocycles. The second-order valence-corrected chi connectivity index (χ2v) is 4.19. The van der Waals surface area contributed by atoms with Gasteiger partial charge in [-0.2, -0.15) is 0 Å². The summed E-state index contributed by atoms with van der Waals surface area (Å²) in [5, 5.41) is 9.98. The van der Waals surface area contributed by atoms with Crippen LogP contribution in [-0.2, 0) is 11.3 Å². The fourth-order valence-electron chi connectivity index (χ4n) is 1.77. The second kappa shape index (κ2) is 4.59. The Bertz CT molecular complexity index is 532. The summed E-state index contributed by atoms with van der Waals surface area (Å²) >= 11 is 0. The van der Waals surface area contributed by atoms with Crippen molar-refractivity contribution < 1.29 is 14.3 Å². The molecule has 1 aromatic carbocycles. The van der Waals surface area contributed by atoms with Gasteiger partial charge in [0.05, 0.1) is 6.26 Å². The molecule has 0 fully saturated rings. The molecule has 2 rings (SSSR count). The molecule has 0 saturated heterocycles. The second-order valence-electron chi connectivity index (χ2n) is 4.19. The van der Waals surface area contributed by atoms with E-state index >= 15 is 0 Å². The van der Waals surface area contributed by atoms with Gasteiger partial charge in [-0.15, -0.1) is 0 Å². The lowest BCUT2D eigenvalue weighted by Gasteiger charge is -2.21. The number of hydrogen-bond donors (Lipinski definition) is 1. The predicted octanol–water partition coefficient (Wildman–Crippen LogP) is 2.34. The van der Waals surface area contributed by atoms with Crippen molar-refractivity contribution >= 4 is 16.9 Å². The summed E-state index contributed by atoms with van der Waals surface area (Å²) in [4.78, 5) is 12.7. The Labute approximate surface area is 99.4 Å². The molecule has 0 bridgehead atoms. The van der Waals surface area contributed by atoms with Gasteiger partial charge in [0, 0.05) is 17.5 Å². The van der Waals surface area contributed by atoms with Crippen LogP contribution in [-0.4, -0.2) is 29.1 Å². The lowest BCUT2D eigenvalue weighted by atomic mass is 10.1. The van der Waals surface area contributed by atoms with Crippen molar-refractivity contribution in [3.63, 3.8) is 0 Å². The molecule has 0 radical (unpaired) electrons. The maximum Gasteiger partial charge on any atom is 0.320 e. The van der Waals surface area contributed by atoms with Crippen LogP contribution in [0.25, 0.3) is 11.0 Å². The Morgan fingerprint density at radius 3 is 2.94 bits per heavy atom. The van der Waals surface area contributed by atoms with Crippen molar-refractivity contribution in [3.8, 4) is 0 Å². The Morgan fingerprint density at radius 1 is 1.47 bits per heavy atom. The number of benzene rings is 1. The number of para-hydroxylation sites is 1. The number of carboxylic acids is 1. The molecule has 1 atom stereocenters. The van der Waals surface area contributed by atoms with Gasteiger partial charge in [0.1, 0.15) is 11.6 Å². The summed E-state index contributed by atoms with van der Waals surface area (Å²) in [6.07, 6.45) is 1.65. The van der Waals surface area contributed by atoms with E-state index in [4.69, 9.17) is 9.52 Å². The molecular weight excluding hydrogens is 218 g/mol. The van der Waals surface area contributed by atoms with E-state index in [9.17, 15) is 4.79 Å². The van der Waals surface area contributed by atoms with Crippen molar-refractivity contribution in [2.75, 3.05) is 7.05 Å². The standard InChI is InChI=1S/C13H15NO3/c1-9(13(15)16)14(2)8-11-5-3-4-10-6-7-17-12(10)11/h3-7,9H,8H2,1-2H3,(H,15,16). The van der Waals surface area contributed by atoms with E-state index in [-0.39, 0.29) is 0 Å². The molecule has 17 heavy (non-hydrogen) atoms. The van der Waals surface area contributed by atoms with E-state index in [2.05, 4.69) is 0 Å². The summed E-state index contributed by atoms with van der Waals surface area (Å²) in [5.41, 5.74) is 1.83. The molecule has 1 N–H and O–H groups in total. The lowest BCUT2D eigenvalue weighted by molar-refractivity contribution is -0.142. The minimum atomic E-state index is -0.820. The summed E-state index contributed by atoms with van der Waals surface area (Å²) in [5.74, 6) is -0.820. The summed E-state index contributed by atoms with van der Waals surface area (Å²) in [7, 11) is 1.79. The van der Waals surface area contributed by atoms with Crippen LogP contribution in [0.3, 0.4) is 0 Å². The average Bonchev–Trinajstić information content (AvgIpc) is 2.76. The molecule has 4 nitrogen and oxygen atoms in total. The zero-order chi connectivity index (χ0) is 12.4. The maximum absolute atomic E-state index is 10.9. The number of nitrogens with zero attached hydrogens (tertiary/aromatic N) is 1. The Morgan fingerprint density at radius 2 is 2.24 bits per heavy atom. The van der Waals surface area contributed by atoms with E-state index < -0.39 is 12.0 Å². The van der Waals surface area contributed by atoms with Crippen LogP contribution in [0.2, 0.25) is 0 Å². The Balaban J connectivity index is 2.23. The summed E-state index contributed by atoms with van der Waals surface area (Å²) in [6, 6.07) is 7.27.